The molecule has 2 aromatic rings. The topological polar surface area (TPSA) is 81.6 Å². The first-order valence-electron chi connectivity index (χ1n) is 9.64. The van der Waals surface area contributed by atoms with E-state index in [9.17, 15) is 22.8 Å². The number of alkyl halides is 3. The number of hydrogen-bond acceptors (Lipinski definition) is 5. The van der Waals surface area contributed by atoms with E-state index in [0.717, 1.165) is 17.8 Å². The van der Waals surface area contributed by atoms with Crippen LogP contribution < -0.4 is 16.0 Å². The first-order chi connectivity index (χ1) is 14.7. The predicted octanol–water partition coefficient (Wildman–Crippen LogP) is 2.76. The molecule has 10 heteroatoms. The molecule has 1 aliphatic heterocycles. The molecule has 0 bridgehead atoms. The van der Waals surface area contributed by atoms with Crippen LogP contribution in [0.1, 0.15) is 17.0 Å². The van der Waals surface area contributed by atoms with E-state index in [0.29, 0.717) is 43.3 Å². The molecule has 0 unspecified atom stereocenters. The van der Waals surface area contributed by atoms with Crippen LogP contribution in [0.3, 0.4) is 0 Å². The highest BCUT2D eigenvalue weighted by atomic mass is 19.4. The van der Waals surface area contributed by atoms with Crippen molar-refractivity contribution in [2.45, 2.75) is 13.1 Å². The highest BCUT2D eigenvalue weighted by molar-refractivity contribution is 5.81. The molecule has 7 nitrogen and oxygen atoms in total. The van der Waals surface area contributed by atoms with Crippen LogP contribution in [0.25, 0.3) is 6.08 Å². The maximum atomic E-state index is 12.7. The van der Waals surface area contributed by atoms with Gasteiger partial charge in [0.2, 0.25) is 5.91 Å². The zero-order valence-electron chi connectivity index (χ0n) is 17.0. The molecule has 0 spiro atoms. The molecular formula is C21H23F3N4O3. The Bertz CT molecular complexity index is 1010. The number of benzene rings is 1. The van der Waals surface area contributed by atoms with Gasteiger partial charge in [-0.15, -0.1) is 0 Å². The van der Waals surface area contributed by atoms with E-state index < -0.39 is 17.5 Å². The average molecular weight is 436 g/mol. The molecule has 1 saturated heterocycles. The van der Waals surface area contributed by atoms with Crippen LogP contribution >= 0.6 is 0 Å². The molecule has 1 aromatic heterocycles. The van der Waals surface area contributed by atoms with E-state index in [2.05, 4.69) is 16.9 Å². The Morgan fingerprint density at radius 1 is 1.23 bits per heavy atom. The summed E-state index contributed by atoms with van der Waals surface area (Å²) in [5.74, 6) is -0.514. The van der Waals surface area contributed by atoms with Gasteiger partial charge in [-0.2, -0.15) is 13.2 Å². The molecule has 3 rings (SSSR count). The third-order valence-electron chi connectivity index (χ3n) is 4.95. The summed E-state index contributed by atoms with van der Waals surface area (Å²) in [7, 11) is 0. The first kappa shape index (κ1) is 22.4. The highest BCUT2D eigenvalue weighted by Crippen LogP contribution is 2.30. The molecule has 1 aliphatic rings. The van der Waals surface area contributed by atoms with Crippen molar-refractivity contribution in [3.8, 4) is 0 Å². The predicted molar refractivity (Wildman–Crippen MR) is 110 cm³/mol. The monoisotopic (exact) mass is 436 g/mol. The van der Waals surface area contributed by atoms with Gasteiger partial charge in [-0.3, -0.25) is 14.7 Å². The van der Waals surface area contributed by atoms with E-state index in [1.54, 1.807) is 6.92 Å². The van der Waals surface area contributed by atoms with Crippen molar-refractivity contribution in [1.82, 2.24) is 15.2 Å². The summed E-state index contributed by atoms with van der Waals surface area (Å²) >= 11 is 0. The number of nitrogens with zero attached hydrogens (tertiary/aromatic N) is 2. The number of anilines is 1. The van der Waals surface area contributed by atoms with Gasteiger partial charge in [0, 0.05) is 43.6 Å². The van der Waals surface area contributed by atoms with Crippen LogP contribution in [0.2, 0.25) is 0 Å². The SMILES string of the molecule is C=C/C(=C\c1oc(=O)[nH]c1C)NC(=O)CN1CCN(c2ccc(C(F)(F)F)cc2)CC1. The molecule has 0 aliphatic carbocycles. The molecule has 2 heterocycles. The second kappa shape index (κ2) is 9.25. The van der Waals surface area contributed by atoms with Gasteiger partial charge < -0.3 is 14.6 Å². The molecule has 166 valence electrons. The van der Waals surface area contributed by atoms with E-state index >= 15 is 0 Å². The molecular weight excluding hydrogens is 413 g/mol. The Balaban J connectivity index is 1.52. The Morgan fingerprint density at radius 2 is 1.87 bits per heavy atom. The highest BCUT2D eigenvalue weighted by Gasteiger charge is 2.30. The summed E-state index contributed by atoms with van der Waals surface area (Å²) in [5, 5.41) is 2.73. The lowest BCUT2D eigenvalue weighted by Gasteiger charge is -2.35. The smallest absolute Gasteiger partial charge is 0.408 e. The number of allylic oxidation sites excluding steroid dienone is 1. The summed E-state index contributed by atoms with van der Waals surface area (Å²) < 4.78 is 43.1. The number of nitrogens with one attached hydrogen (secondary N) is 2. The van der Waals surface area contributed by atoms with Gasteiger partial charge >= 0.3 is 11.9 Å². The number of carbonyl (C=O) groups excluding carboxylic acids is 1. The number of hydrogen-bond donors (Lipinski definition) is 2. The molecule has 0 atom stereocenters. The number of aromatic amines is 1. The van der Waals surface area contributed by atoms with Gasteiger partial charge in [0.1, 0.15) is 0 Å². The molecule has 1 aromatic carbocycles. The number of piperazine rings is 1. The number of rotatable bonds is 6. The second-order valence-electron chi connectivity index (χ2n) is 7.16. The largest absolute Gasteiger partial charge is 0.417 e. The van der Waals surface area contributed by atoms with Gasteiger partial charge in [0.25, 0.3) is 0 Å². The minimum atomic E-state index is -4.35. The lowest BCUT2D eigenvalue weighted by atomic mass is 10.1. The average Bonchev–Trinajstić information content (AvgIpc) is 3.04. The quantitative estimate of drug-likeness (QED) is 0.681. The minimum absolute atomic E-state index is 0.155. The Kier molecular flexibility index (Phi) is 6.69. The summed E-state index contributed by atoms with van der Waals surface area (Å²) in [6, 6.07) is 5.08. The summed E-state index contributed by atoms with van der Waals surface area (Å²) in [6.07, 6.45) is -1.39. The van der Waals surface area contributed by atoms with Gasteiger partial charge in [0.05, 0.1) is 17.8 Å². The van der Waals surface area contributed by atoms with Gasteiger partial charge in [-0.25, -0.2) is 4.79 Å². The van der Waals surface area contributed by atoms with E-state index in [4.69, 9.17) is 4.42 Å². The number of H-pyrrole nitrogens is 1. The maximum absolute atomic E-state index is 12.7. The fourth-order valence-corrected chi connectivity index (χ4v) is 3.27. The summed E-state index contributed by atoms with van der Waals surface area (Å²) in [4.78, 5) is 30.1. The Hall–Kier alpha value is -3.27. The van der Waals surface area contributed by atoms with Crippen LogP contribution in [0.5, 0.6) is 0 Å². The lowest BCUT2D eigenvalue weighted by Crippen LogP contribution is -2.49. The second-order valence-corrected chi connectivity index (χ2v) is 7.16. The third kappa shape index (κ3) is 5.88. The number of halogens is 3. The number of aryl methyl sites for hydroxylation is 1. The van der Waals surface area contributed by atoms with Gasteiger partial charge in [-0.1, -0.05) is 6.58 Å². The van der Waals surface area contributed by atoms with Crippen molar-refractivity contribution >= 4 is 17.7 Å². The van der Waals surface area contributed by atoms with E-state index in [1.165, 1.54) is 24.3 Å². The fourth-order valence-electron chi connectivity index (χ4n) is 3.27. The fraction of sp³-hybridized carbons (Fsp3) is 0.333. The van der Waals surface area contributed by atoms with Crippen molar-refractivity contribution in [2.75, 3.05) is 37.6 Å². The number of carbonyl (C=O) groups is 1. The molecule has 1 fully saturated rings. The van der Waals surface area contributed by atoms with Crippen molar-refractivity contribution in [2.24, 2.45) is 0 Å². The van der Waals surface area contributed by atoms with Crippen LogP contribution in [-0.2, 0) is 11.0 Å². The van der Waals surface area contributed by atoms with E-state index in [1.807, 2.05) is 9.80 Å². The maximum Gasteiger partial charge on any atom is 0.417 e. The van der Waals surface area contributed by atoms with Crippen molar-refractivity contribution in [3.63, 3.8) is 0 Å². The molecule has 0 radical (unpaired) electrons. The zero-order valence-corrected chi connectivity index (χ0v) is 17.0. The van der Waals surface area contributed by atoms with Crippen molar-refractivity contribution < 1.29 is 22.4 Å². The van der Waals surface area contributed by atoms with Crippen LogP contribution in [0.15, 0.2) is 51.8 Å². The number of oxazole rings is 1. The Morgan fingerprint density at radius 3 is 2.39 bits per heavy atom. The summed E-state index contributed by atoms with van der Waals surface area (Å²) in [6.45, 7) is 7.85. The van der Waals surface area contributed by atoms with Crippen LogP contribution in [0.4, 0.5) is 18.9 Å². The third-order valence-corrected chi connectivity index (χ3v) is 4.95. The van der Waals surface area contributed by atoms with E-state index in [-0.39, 0.29) is 12.5 Å². The van der Waals surface area contributed by atoms with Crippen molar-refractivity contribution in [3.05, 3.63) is 70.2 Å². The minimum Gasteiger partial charge on any atom is -0.408 e. The standard InChI is InChI=1S/C21H23F3N4O3/c1-3-16(12-18-14(2)25-20(30)31-18)26-19(29)13-27-8-10-28(11-9-27)17-6-4-15(5-7-17)21(22,23)24/h3-7,12H,1,8-11,13H2,2H3,(H,25,30)(H,26,29)/b16-12+. The molecule has 2 N–H and O–H groups in total. The Labute approximate surface area is 176 Å². The van der Waals surface area contributed by atoms with Gasteiger partial charge in [0.15, 0.2) is 5.76 Å². The molecule has 1 amide bonds. The van der Waals surface area contributed by atoms with Crippen molar-refractivity contribution in [1.29, 1.82) is 0 Å². The normalized spacial score (nSPS) is 15.7. The van der Waals surface area contributed by atoms with Crippen LogP contribution in [0, 0.1) is 6.92 Å². The van der Waals surface area contributed by atoms with Crippen LogP contribution in [-0.4, -0.2) is 48.5 Å². The number of aromatic nitrogens is 1. The number of amides is 1. The lowest BCUT2D eigenvalue weighted by molar-refractivity contribution is -0.137. The zero-order chi connectivity index (χ0) is 22.6. The molecule has 31 heavy (non-hydrogen) atoms. The van der Waals surface area contributed by atoms with Gasteiger partial charge in [-0.05, 0) is 37.3 Å². The summed E-state index contributed by atoms with van der Waals surface area (Å²) in [5.41, 5.74) is 0.987. The molecule has 0 saturated carbocycles. The first-order valence-corrected chi connectivity index (χ1v) is 9.64.